The Bertz CT molecular complexity index is 340. The van der Waals surface area contributed by atoms with E-state index in [-0.39, 0.29) is 0 Å². The van der Waals surface area contributed by atoms with Crippen LogP contribution in [0.2, 0.25) is 0 Å². The second kappa shape index (κ2) is 4.80. The summed E-state index contributed by atoms with van der Waals surface area (Å²) in [5.74, 6) is 0. The van der Waals surface area contributed by atoms with Crippen molar-refractivity contribution in [3.05, 3.63) is 35.9 Å². The Morgan fingerprint density at radius 3 is 2.33 bits per heavy atom. The first-order chi connectivity index (χ1) is 7.03. The van der Waals surface area contributed by atoms with Gasteiger partial charge in [0.25, 0.3) is 0 Å². The molecular weight excluding hydrogens is 205 g/mol. The number of benzene rings is 1. The van der Waals surface area contributed by atoms with Crippen LogP contribution in [0.3, 0.4) is 0 Å². The van der Waals surface area contributed by atoms with Gasteiger partial charge in [-0.15, -0.1) is 0 Å². The van der Waals surface area contributed by atoms with Crippen LogP contribution in [0.5, 0.6) is 0 Å². The van der Waals surface area contributed by atoms with E-state index in [1.165, 1.54) is 0 Å². The van der Waals surface area contributed by atoms with Crippen molar-refractivity contribution in [3.8, 4) is 6.07 Å². The Balaban J connectivity index is 2.63. The molecule has 0 aromatic heterocycles. The van der Waals surface area contributed by atoms with E-state index in [0.717, 1.165) is 0 Å². The summed E-state index contributed by atoms with van der Waals surface area (Å²) in [4.78, 5) is 0. The molecule has 0 aliphatic rings. The maximum Gasteiger partial charge on any atom is 0.401 e. The SMILES string of the molecule is N#CC(NCC(F)(F)F)c1ccccc1. The Hall–Kier alpha value is -1.54. The summed E-state index contributed by atoms with van der Waals surface area (Å²) < 4.78 is 35.7. The summed E-state index contributed by atoms with van der Waals surface area (Å²) in [5, 5.41) is 10.8. The second-order valence-corrected chi connectivity index (χ2v) is 2.97. The highest BCUT2D eigenvalue weighted by Gasteiger charge is 2.28. The van der Waals surface area contributed by atoms with Gasteiger partial charge in [0.2, 0.25) is 0 Å². The topological polar surface area (TPSA) is 35.8 Å². The molecule has 15 heavy (non-hydrogen) atoms. The lowest BCUT2D eigenvalue weighted by molar-refractivity contribution is -0.125. The van der Waals surface area contributed by atoms with E-state index in [1.54, 1.807) is 36.4 Å². The largest absolute Gasteiger partial charge is 0.401 e. The number of nitrogens with zero attached hydrogens (tertiary/aromatic N) is 1. The molecule has 0 bridgehead atoms. The number of hydrogen-bond acceptors (Lipinski definition) is 2. The van der Waals surface area contributed by atoms with Crippen molar-refractivity contribution in [1.82, 2.24) is 5.32 Å². The molecule has 1 aromatic carbocycles. The van der Waals surface area contributed by atoms with Crippen LogP contribution in [0.15, 0.2) is 30.3 Å². The number of alkyl halides is 3. The maximum absolute atomic E-state index is 11.9. The zero-order valence-corrected chi connectivity index (χ0v) is 7.75. The van der Waals surface area contributed by atoms with Crippen molar-refractivity contribution >= 4 is 0 Å². The van der Waals surface area contributed by atoms with Gasteiger partial charge in [-0.3, -0.25) is 5.32 Å². The molecule has 0 radical (unpaired) electrons. The zero-order chi connectivity index (χ0) is 11.3. The van der Waals surface area contributed by atoms with Gasteiger partial charge in [0.1, 0.15) is 6.04 Å². The molecule has 1 N–H and O–H groups in total. The van der Waals surface area contributed by atoms with Gasteiger partial charge in [-0.1, -0.05) is 30.3 Å². The molecule has 2 nitrogen and oxygen atoms in total. The van der Waals surface area contributed by atoms with Crippen LogP contribution in [0, 0.1) is 11.3 Å². The van der Waals surface area contributed by atoms with Crippen molar-refractivity contribution in [1.29, 1.82) is 5.26 Å². The molecule has 0 aliphatic carbocycles. The fraction of sp³-hybridized carbons (Fsp3) is 0.300. The van der Waals surface area contributed by atoms with Crippen molar-refractivity contribution in [2.45, 2.75) is 12.2 Å². The lowest BCUT2D eigenvalue weighted by Gasteiger charge is -2.13. The predicted octanol–water partition coefficient (Wildman–Crippen LogP) is 2.40. The molecule has 1 atom stereocenters. The van der Waals surface area contributed by atoms with Crippen molar-refractivity contribution in [3.63, 3.8) is 0 Å². The number of halogens is 3. The fourth-order valence-corrected chi connectivity index (χ4v) is 1.10. The highest BCUT2D eigenvalue weighted by Crippen LogP contribution is 2.16. The summed E-state index contributed by atoms with van der Waals surface area (Å²) in [6.45, 7) is -1.17. The van der Waals surface area contributed by atoms with Gasteiger partial charge in [-0.25, -0.2) is 0 Å². The molecule has 1 rings (SSSR count). The quantitative estimate of drug-likeness (QED) is 0.838. The highest BCUT2D eigenvalue weighted by atomic mass is 19.4. The summed E-state index contributed by atoms with van der Waals surface area (Å²) in [7, 11) is 0. The van der Waals surface area contributed by atoms with Gasteiger partial charge in [0, 0.05) is 0 Å². The molecule has 0 heterocycles. The van der Waals surface area contributed by atoms with Crippen LogP contribution in [0.25, 0.3) is 0 Å². The standard InChI is InChI=1S/C10H9F3N2/c11-10(12,13)7-15-9(6-14)8-4-2-1-3-5-8/h1-5,9,15H,7H2. The summed E-state index contributed by atoms with van der Waals surface area (Å²) in [6, 6.07) is 9.16. The first-order valence-corrected chi connectivity index (χ1v) is 4.27. The van der Waals surface area contributed by atoms with Crippen molar-refractivity contribution in [2.75, 3.05) is 6.54 Å². The van der Waals surface area contributed by atoms with Crippen LogP contribution in [-0.2, 0) is 0 Å². The molecule has 5 heteroatoms. The molecule has 0 spiro atoms. The fourth-order valence-electron chi connectivity index (χ4n) is 1.10. The third-order valence-electron chi connectivity index (χ3n) is 1.77. The van der Waals surface area contributed by atoms with E-state index in [2.05, 4.69) is 5.32 Å². The smallest absolute Gasteiger partial charge is 0.290 e. The lowest BCUT2D eigenvalue weighted by Crippen LogP contribution is -2.31. The van der Waals surface area contributed by atoms with Gasteiger partial charge in [0.15, 0.2) is 0 Å². The highest BCUT2D eigenvalue weighted by molar-refractivity contribution is 5.23. The molecule has 1 unspecified atom stereocenters. The summed E-state index contributed by atoms with van der Waals surface area (Å²) >= 11 is 0. The van der Waals surface area contributed by atoms with Gasteiger partial charge in [-0.2, -0.15) is 18.4 Å². The van der Waals surface area contributed by atoms with Crippen molar-refractivity contribution < 1.29 is 13.2 Å². The Morgan fingerprint density at radius 2 is 1.87 bits per heavy atom. The van der Waals surface area contributed by atoms with Gasteiger partial charge >= 0.3 is 6.18 Å². The Kier molecular flexibility index (Phi) is 3.69. The zero-order valence-electron chi connectivity index (χ0n) is 7.75. The van der Waals surface area contributed by atoms with E-state index < -0.39 is 18.8 Å². The Labute approximate surface area is 85.3 Å². The second-order valence-electron chi connectivity index (χ2n) is 2.97. The Morgan fingerprint density at radius 1 is 1.27 bits per heavy atom. The number of rotatable bonds is 3. The molecule has 0 aliphatic heterocycles. The van der Waals surface area contributed by atoms with Gasteiger partial charge < -0.3 is 0 Å². The third kappa shape index (κ3) is 4.00. The van der Waals surface area contributed by atoms with Crippen molar-refractivity contribution in [2.24, 2.45) is 0 Å². The van der Waals surface area contributed by atoms with Crippen LogP contribution < -0.4 is 5.32 Å². The van der Waals surface area contributed by atoms with Gasteiger partial charge in [0.05, 0.1) is 12.6 Å². The molecule has 0 saturated carbocycles. The summed E-state index contributed by atoms with van der Waals surface area (Å²) in [6.07, 6.45) is -4.30. The predicted molar refractivity (Wildman–Crippen MR) is 48.9 cm³/mol. The van der Waals surface area contributed by atoms with Crippen LogP contribution in [-0.4, -0.2) is 12.7 Å². The van der Waals surface area contributed by atoms with E-state index in [0.29, 0.717) is 5.56 Å². The molecule has 0 amide bonds. The molecular formula is C10H9F3N2. The summed E-state index contributed by atoms with van der Waals surface area (Å²) in [5.41, 5.74) is 0.532. The minimum absolute atomic E-state index is 0.532. The van der Waals surface area contributed by atoms with E-state index >= 15 is 0 Å². The van der Waals surface area contributed by atoms with E-state index in [4.69, 9.17) is 5.26 Å². The number of nitrogens with one attached hydrogen (secondary N) is 1. The molecule has 1 aromatic rings. The van der Waals surface area contributed by atoms with Gasteiger partial charge in [-0.05, 0) is 5.56 Å². The van der Waals surface area contributed by atoms with E-state index in [1.807, 2.05) is 0 Å². The minimum Gasteiger partial charge on any atom is -0.290 e. The lowest BCUT2D eigenvalue weighted by atomic mass is 10.1. The normalized spacial score (nSPS) is 13.2. The average molecular weight is 214 g/mol. The third-order valence-corrected chi connectivity index (χ3v) is 1.77. The maximum atomic E-state index is 11.9. The minimum atomic E-state index is -4.30. The monoisotopic (exact) mass is 214 g/mol. The van der Waals surface area contributed by atoms with Crippen LogP contribution in [0.4, 0.5) is 13.2 Å². The first kappa shape index (κ1) is 11.5. The first-order valence-electron chi connectivity index (χ1n) is 4.27. The molecule has 0 fully saturated rings. The number of hydrogen-bond donors (Lipinski definition) is 1. The molecule has 0 saturated heterocycles. The average Bonchev–Trinajstić information content (AvgIpc) is 2.19. The van der Waals surface area contributed by atoms with Crippen LogP contribution in [0.1, 0.15) is 11.6 Å². The van der Waals surface area contributed by atoms with E-state index in [9.17, 15) is 13.2 Å². The number of nitriles is 1. The molecule has 80 valence electrons. The van der Waals surface area contributed by atoms with Crippen LogP contribution >= 0.6 is 0 Å².